The second-order valence-electron chi connectivity index (χ2n) is 5.15. The number of rotatable bonds is 2. The predicted octanol–water partition coefficient (Wildman–Crippen LogP) is 5.94. The highest BCUT2D eigenvalue weighted by molar-refractivity contribution is 6.10. The second-order valence-corrected chi connectivity index (χ2v) is 5.15. The van der Waals surface area contributed by atoms with Crippen LogP contribution in [0.3, 0.4) is 0 Å². The van der Waals surface area contributed by atoms with E-state index in [0.29, 0.717) is 0 Å². The third-order valence-corrected chi connectivity index (χ3v) is 3.79. The maximum absolute atomic E-state index is 5.98. The van der Waals surface area contributed by atoms with Gasteiger partial charge in [0.05, 0.1) is 0 Å². The lowest BCUT2D eigenvalue weighted by atomic mass is 10.0. The van der Waals surface area contributed by atoms with Crippen molar-refractivity contribution in [2.75, 3.05) is 0 Å². The topological polar surface area (TPSA) is 13.1 Å². The molecular weight excluding hydrogens is 256 g/mol. The fraction of sp³-hybridized carbons (Fsp3) is 0. The van der Waals surface area contributed by atoms with Gasteiger partial charge in [-0.15, -0.1) is 0 Å². The molecule has 0 saturated carbocycles. The van der Waals surface area contributed by atoms with E-state index in [0.717, 1.165) is 27.5 Å². The molecule has 1 heteroatoms. The number of allylic oxidation sites excluding steroid dienone is 2. The molecule has 0 unspecified atom stereocenters. The van der Waals surface area contributed by atoms with Gasteiger partial charge in [-0.25, -0.2) is 0 Å². The zero-order valence-electron chi connectivity index (χ0n) is 11.5. The van der Waals surface area contributed by atoms with Crippen LogP contribution in [0.2, 0.25) is 0 Å². The Bertz CT molecular complexity index is 1000. The van der Waals surface area contributed by atoms with Crippen LogP contribution in [0.4, 0.5) is 0 Å². The zero-order valence-corrected chi connectivity index (χ0v) is 11.5. The van der Waals surface area contributed by atoms with Crippen LogP contribution < -0.4 is 0 Å². The average molecular weight is 270 g/mol. The summed E-state index contributed by atoms with van der Waals surface area (Å²) >= 11 is 0. The first kappa shape index (κ1) is 12.0. The van der Waals surface area contributed by atoms with Gasteiger partial charge < -0.3 is 4.42 Å². The fourth-order valence-electron chi connectivity index (χ4n) is 2.76. The Balaban J connectivity index is 2.06. The third-order valence-electron chi connectivity index (χ3n) is 3.79. The number of fused-ring (bicyclic) bond motifs is 4. The molecule has 0 radical (unpaired) electrons. The number of hydrogen-bond acceptors (Lipinski definition) is 1. The van der Waals surface area contributed by atoms with Crippen molar-refractivity contribution in [3.63, 3.8) is 0 Å². The molecule has 1 heterocycles. The normalized spacial score (nSPS) is 11.8. The van der Waals surface area contributed by atoms with E-state index in [4.69, 9.17) is 4.42 Å². The molecular formula is C20H14O. The highest BCUT2D eigenvalue weighted by Crippen LogP contribution is 2.32. The first-order valence-corrected chi connectivity index (χ1v) is 6.99. The Morgan fingerprint density at radius 3 is 2.38 bits per heavy atom. The Morgan fingerprint density at radius 1 is 0.810 bits per heavy atom. The van der Waals surface area contributed by atoms with Crippen LogP contribution in [-0.4, -0.2) is 0 Å². The molecule has 1 aromatic heterocycles. The molecule has 0 atom stereocenters. The Morgan fingerprint density at radius 2 is 1.57 bits per heavy atom. The highest BCUT2D eigenvalue weighted by Gasteiger charge is 2.08. The number of furan rings is 1. The van der Waals surface area contributed by atoms with Gasteiger partial charge >= 0.3 is 0 Å². The van der Waals surface area contributed by atoms with Gasteiger partial charge in [-0.05, 0) is 40.6 Å². The van der Waals surface area contributed by atoms with Crippen molar-refractivity contribution in [1.29, 1.82) is 0 Å². The summed E-state index contributed by atoms with van der Waals surface area (Å²) in [5.74, 6) is 0. The maximum Gasteiger partial charge on any atom is 0.136 e. The van der Waals surface area contributed by atoms with Gasteiger partial charge in [0.15, 0.2) is 0 Å². The SMILES string of the molecule is C=C/C=C\c1ccc2oc3cc4ccccc4cc3c2c1. The van der Waals surface area contributed by atoms with Crippen LogP contribution in [-0.2, 0) is 0 Å². The summed E-state index contributed by atoms with van der Waals surface area (Å²) in [7, 11) is 0. The number of benzene rings is 3. The lowest BCUT2D eigenvalue weighted by molar-refractivity contribution is 0.669. The van der Waals surface area contributed by atoms with Crippen LogP contribution in [0.1, 0.15) is 5.56 Å². The highest BCUT2D eigenvalue weighted by atomic mass is 16.3. The molecule has 3 aromatic carbocycles. The lowest BCUT2D eigenvalue weighted by Gasteiger charge is -1.97. The molecule has 100 valence electrons. The molecule has 4 rings (SSSR count). The molecule has 0 aliphatic heterocycles. The molecule has 0 amide bonds. The van der Waals surface area contributed by atoms with E-state index >= 15 is 0 Å². The van der Waals surface area contributed by atoms with Gasteiger partial charge in [-0.1, -0.05) is 55.1 Å². The van der Waals surface area contributed by atoms with Crippen molar-refractivity contribution < 1.29 is 4.42 Å². The molecule has 0 fully saturated rings. The van der Waals surface area contributed by atoms with Crippen molar-refractivity contribution in [3.8, 4) is 0 Å². The summed E-state index contributed by atoms with van der Waals surface area (Å²) < 4.78 is 5.98. The average Bonchev–Trinajstić information content (AvgIpc) is 2.87. The maximum atomic E-state index is 5.98. The minimum Gasteiger partial charge on any atom is -0.456 e. The van der Waals surface area contributed by atoms with Crippen LogP contribution in [0.5, 0.6) is 0 Å². The van der Waals surface area contributed by atoms with Gasteiger partial charge in [0, 0.05) is 10.8 Å². The van der Waals surface area contributed by atoms with E-state index in [2.05, 4.69) is 55.1 Å². The molecule has 0 bridgehead atoms. The first-order valence-electron chi connectivity index (χ1n) is 6.99. The smallest absolute Gasteiger partial charge is 0.136 e. The Kier molecular flexibility index (Phi) is 2.65. The molecule has 4 aromatic rings. The number of hydrogen-bond donors (Lipinski definition) is 0. The van der Waals surface area contributed by atoms with Crippen molar-refractivity contribution in [3.05, 3.63) is 78.9 Å². The summed E-state index contributed by atoms with van der Waals surface area (Å²) in [6, 6.07) is 18.9. The standard InChI is InChI=1S/C20H14O/c1-2-3-6-14-9-10-19-17(11-14)18-12-15-7-4-5-8-16(15)13-20(18)21-19/h2-13H,1H2/b6-3-. The largest absolute Gasteiger partial charge is 0.456 e. The van der Waals surface area contributed by atoms with Gasteiger partial charge in [0.1, 0.15) is 11.2 Å². The first-order chi connectivity index (χ1) is 10.3. The third kappa shape index (κ3) is 1.95. The summed E-state index contributed by atoms with van der Waals surface area (Å²) in [5, 5.41) is 4.76. The Hall–Kier alpha value is -2.80. The van der Waals surface area contributed by atoms with Gasteiger partial charge in [0.25, 0.3) is 0 Å². The lowest BCUT2D eigenvalue weighted by Crippen LogP contribution is -1.73. The summed E-state index contributed by atoms with van der Waals surface area (Å²) in [6.07, 6.45) is 5.77. The van der Waals surface area contributed by atoms with E-state index in [1.807, 2.05) is 18.2 Å². The van der Waals surface area contributed by atoms with Crippen molar-refractivity contribution >= 4 is 38.8 Å². The predicted molar refractivity (Wildman–Crippen MR) is 90.5 cm³/mol. The molecule has 0 saturated heterocycles. The molecule has 1 nitrogen and oxygen atoms in total. The second kappa shape index (κ2) is 4.64. The van der Waals surface area contributed by atoms with Crippen molar-refractivity contribution in [2.24, 2.45) is 0 Å². The van der Waals surface area contributed by atoms with E-state index in [1.54, 1.807) is 6.08 Å². The van der Waals surface area contributed by atoms with Gasteiger partial charge in [-0.3, -0.25) is 0 Å². The molecule has 21 heavy (non-hydrogen) atoms. The minimum absolute atomic E-state index is 0.927. The zero-order chi connectivity index (χ0) is 14.2. The van der Waals surface area contributed by atoms with Crippen LogP contribution in [0.25, 0.3) is 38.8 Å². The van der Waals surface area contributed by atoms with Crippen molar-refractivity contribution in [1.82, 2.24) is 0 Å². The van der Waals surface area contributed by atoms with E-state index in [-0.39, 0.29) is 0 Å². The van der Waals surface area contributed by atoms with E-state index in [9.17, 15) is 0 Å². The quantitative estimate of drug-likeness (QED) is 0.411. The van der Waals surface area contributed by atoms with Gasteiger partial charge in [0.2, 0.25) is 0 Å². The minimum atomic E-state index is 0.927. The fourth-order valence-corrected chi connectivity index (χ4v) is 2.76. The monoisotopic (exact) mass is 270 g/mol. The van der Waals surface area contributed by atoms with Crippen molar-refractivity contribution in [2.45, 2.75) is 0 Å². The van der Waals surface area contributed by atoms with E-state index < -0.39 is 0 Å². The molecule has 0 aliphatic rings. The van der Waals surface area contributed by atoms with Crippen LogP contribution in [0.15, 0.2) is 77.7 Å². The summed E-state index contributed by atoms with van der Waals surface area (Å²) in [4.78, 5) is 0. The molecule has 0 N–H and O–H groups in total. The summed E-state index contributed by atoms with van der Waals surface area (Å²) in [6.45, 7) is 3.71. The molecule has 0 aliphatic carbocycles. The van der Waals surface area contributed by atoms with E-state index in [1.165, 1.54) is 10.8 Å². The summed E-state index contributed by atoms with van der Waals surface area (Å²) in [5.41, 5.74) is 3.02. The molecule has 0 spiro atoms. The van der Waals surface area contributed by atoms with Crippen LogP contribution in [0, 0.1) is 0 Å². The Labute approximate surface area is 122 Å². The van der Waals surface area contributed by atoms with Gasteiger partial charge in [-0.2, -0.15) is 0 Å². The van der Waals surface area contributed by atoms with Crippen LogP contribution >= 0.6 is 0 Å².